The van der Waals surface area contributed by atoms with E-state index in [-0.39, 0.29) is 0 Å². The van der Waals surface area contributed by atoms with Gasteiger partial charge in [0.15, 0.2) is 12.4 Å². The molecule has 1 heterocycles. The molecule has 0 atom stereocenters. The van der Waals surface area contributed by atoms with E-state index in [0.717, 1.165) is 5.69 Å². The van der Waals surface area contributed by atoms with Gasteiger partial charge < -0.3 is 0 Å². The van der Waals surface area contributed by atoms with Gasteiger partial charge in [-0.05, 0) is 6.92 Å². The first-order valence-electron chi connectivity index (χ1n) is 3.57. The summed E-state index contributed by atoms with van der Waals surface area (Å²) < 4.78 is 1.97. The van der Waals surface area contributed by atoms with E-state index < -0.39 is 0 Å². The second-order valence-electron chi connectivity index (χ2n) is 1.86. The zero-order chi connectivity index (χ0) is 7.98. The van der Waals surface area contributed by atoms with Crippen LogP contribution in [0.5, 0.6) is 0 Å². The SMILES string of the molecule is CC.Cc1c[n+](C)ccn1. The molecule has 0 amide bonds. The van der Waals surface area contributed by atoms with E-state index in [1.54, 1.807) is 6.20 Å². The highest BCUT2D eigenvalue weighted by molar-refractivity contribution is 4.83. The average Bonchev–Trinajstić information content (AvgIpc) is 1.91. The third-order valence-corrected chi connectivity index (χ3v) is 0.970. The Morgan fingerprint density at radius 2 is 2.00 bits per heavy atom. The normalized spacial score (nSPS) is 8.00. The average molecular weight is 139 g/mol. The molecule has 0 aliphatic heterocycles. The van der Waals surface area contributed by atoms with Crippen LogP contribution >= 0.6 is 0 Å². The molecule has 1 aromatic rings. The van der Waals surface area contributed by atoms with E-state index in [9.17, 15) is 0 Å². The van der Waals surface area contributed by atoms with Crippen LogP contribution in [0, 0.1) is 6.92 Å². The summed E-state index contributed by atoms with van der Waals surface area (Å²) in [6.07, 6.45) is 5.67. The van der Waals surface area contributed by atoms with Crippen molar-refractivity contribution in [2.75, 3.05) is 0 Å². The summed E-state index contributed by atoms with van der Waals surface area (Å²) in [5, 5.41) is 0. The Balaban J connectivity index is 0.000000371. The van der Waals surface area contributed by atoms with Crippen molar-refractivity contribution in [3.05, 3.63) is 24.3 Å². The molecule has 0 saturated carbocycles. The summed E-state index contributed by atoms with van der Waals surface area (Å²) in [4.78, 5) is 4.02. The molecular formula is C8H15N2+. The minimum atomic E-state index is 1.05. The van der Waals surface area contributed by atoms with Gasteiger partial charge in [0.25, 0.3) is 0 Å². The van der Waals surface area contributed by atoms with Crippen LogP contribution in [-0.2, 0) is 7.05 Å². The van der Waals surface area contributed by atoms with Gasteiger partial charge in [0.1, 0.15) is 12.7 Å². The Morgan fingerprint density at radius 1 is 1.40 bits per heavy atom. The highest BCUT2D eigenvalue weighted by Gasteiger charge is 1.88. The van der Waals surface area contributed by atoms with Crippen molar-refractivity contribution in [1.82, 2.24) is 4.98 Å². The standard InChI is InChI=1S/C6H9N2.C2H6/c1-6-5-8(2)4-3-7-6;1-2/h3-5H,1-2H3;1-2H3/q+1;. The number of aromatic nitrogens is 2. The maximum Gasteiger partial charge on any atom is 0.189 e. The molecule has 0 aliphatic rings. The molecule has 0 unspecified atom stereocenters. The largest absolute Gasteiger partial charge is 0.249 e. The van der Waals surface area contributed by atoms with E-state index in [1.165, 1.54) is 0 Å². The van der Waals surface area contributed by atoms with Crippen molar-refractivity contribution in [2.24, 2.45) is 7.05 Å². The topological polar surface area (TPSA) is 16.8 Å². The van der Waals surface area contributed by atoms with Crippen LogP contribution in [0.1, 0.15) is 19.5 Å². The molecule has 2 heteroatoms. The molecule has 56 valence electrons. The fraction of sp³-hybridized carbons (Fsp3) is 0.500. The maximum absolute atomic E-state index is 4.02. The highest BCUT2D eigenvalue weighted by atomic mass is 14.9. The molecule has 10 heavy (non-hydrogen) atoms. The predicted octanol–water partition coefficient (Wildman–Crippen LogP) is 1.24. The zero-order valence-corrected chi connectivity index (χ0v) is 7.13. The smallest absolute Gasteiger partial charge is 0.189 e. The van der Waals surface area contributed by atoms with Gasteiger partial charge in [-0.2, -0.15) is 0 Å². The van der Waals surface area contributed by atoms with Crippen LogP contribution in [0.25, 0.3) is 0 Å². The van der Waals surface area contributed by atoms with E-state index in [2.05, 4.69) is 4.98 Å². The molecular weight excluding hydrogens is 124 g/mol. The lowest BCUT2D eigenvalue weighted by molar-refractivity contribution is -0.672. The summed E-state index contributed by atoms with van der Waals surface area (Å²) >= 11 is 0. The van der Waals surface area contributed by atoms with Gasteiger partial charge >= 0.3 is 0 Å². The summed E-state index contributed by atoms with van der Waals surface area (Å²) in [6.45, 7) is 5.97. The summed E-state index contributed by atoms with van der Waals surface area (Å²) in [5.41, 5.74) is 1.05. The molecule has 0 spiro atoms. The van der Waals surface area contributed by atoms with Crippen molar-refractivity contribution >= 4 is 0 Å². The number of nitrogens with zero attached hydrogens (tertiary/aromatic N) is 2. The number of hydrogen-bond donors (Lipinski definition) is 0. The molecule has 0 N–H and O–H groups in total. The van der Waals surface area contributed by atoms with Crippen molar-refractivity contribution in [1.29, 1.82) is 0 Å². The van der Waals surface area contributed by atoms with E-state index in [1.807, 2.05) is 44.8 Å². The Hall–Kier alpha value is -0.920. The van der Waals surface area contributed by atoms with Crippen LogP contribution in [0.4, 0.5) is 0 Å². The predicted molar refractivity (Wildman–Crippen MR) is 41.5 cm³/mol. The van der Waals surface area contributed by atoms with Gasteiger partial charge in [0.2, 0.25) is 0 Å². The second kappa shape index (κ2) is 4.91. The fourth-order valence-corrected chi connectivity index (χ4v) is 0.627. The molecule has 0 radical (unpaired) electrons. The zero-order valence-electron chi connectivity index (χ0n) is 7.13. The Morgan fingerprint density at radius 3 is 2.30 bits per heavy atom. The van der Waals surface area contributed by atoms with Crippen LogP contribution in [0.3, 0.4) is 0 Å². The molecule has 0 aliphatic carbocycles. The van der Waals surface area contributed by atoms with Crippen molar-refractivity contribution < 1.29 is 4.57 Å². The van der Waals surface area contributed by atoms with E-state index in [0.29, 0.717) is 0 Å². The van der Waals surface area contributed by atoms with E-state index in [4.69, 9.17) is 0 Å². The first-order valence-corrected chi connectivity index (χ1v) is 3.57. The maximum atomic E-state index is 4.02. The molecule has 0 saturated heterocycles. The minimum absolute atomic E-state index is 1.05. The van der Waals surface area contributed by atoms with Gasteiger partial charge in [-0.25, -0.2) is 9.55 Å². The Kier molecular flexibility index (Phi) is 4.46. The lowest BCUT2D eigenvalue weighted by atomic mass is 10.5. The van der Waals surface area contributed by atoms with Crippen molar-refractivity contribution in [3.63, 3.8) is 0 Å². The quantitative estimate of drug-likeness (QED) is 0.494. The molecule has 2 nitrogen and oxygen atoms in total. The third-order valence-electron chi connectivity index (χ3n) is 0.970. The van der Waals surface area contributed by atoms with Gasteiger partial charge in [-0.1, -0.05) is 13.8 Å². The first-order chi connectivity index (χ1) is 4.79. The molecule has 0 bridgehead atoms. The number of hydrogen-bond acceptors (Lipinski definition) is 1. The summed E-state index contributed by atoms with van der Waals surface area (Å²) in [6, 6.07) is 0. The van der Waals surface area contributed by atoms with E-state index >= 15 is 0 Å². The van der Waals surface area contributed by atoms with Gasteiger partial charge in [-0.3, -0.25) is 0 Å². The fourth-order valence-electron chi connectivity index (χ4n) is 0.627. The molecule has 0 aromatic carbocycles. The molecule has 1 aromatic heterocycles. The van der Waals surface area contributed by atoms with Gasteiger partial charge in [0.05, 0.1) is 6.20 Å². The van der Waals surface area contributed by atoms with Gasteiger partial charge in [0, 0.05) is 0 Å². The first kappa shape index (κ1) is 9.08. The summed E-state index contributed by atoms with van der Waals surface area (Å²) in [5.74, 6) is 0. The third kappa shape index (κ3) is 3.17. The van der Waals surface area contributed by atoms with Crippen LogP contribution in [0.15, 0.2) is 18.6 Å². The molecule has 1 rings (SSSR count). The lowest BCUT2D eigenvalue weighted by Gasteiger charge is -1.84. The van der Waals surface area contributed by atoms with Crippen molar-refractivity contribution in [2.45, 2.75) is 20.8 Å². The minimum Gasteiger partial charge on any atom is -0.249 e. The van der Waals surface area contributed by atoms with Crippen molar-refractivity contribution in [3.8, 4) is 0 Å². The van der Waals surface area contributed by atoms with Crippen LogP contribution < -0.4 is 4.57 Å². The Bertz CT molecular complexity index is 167. The second-order valence-corrected chi connectivity index (χ2v) is 1.86. The van der Waals surface area contributed by atoms with Crippen LogP contribution in [-0.4, -0.2) is 4.98 Å². The Labute approximate surface area is 62.5 Å². The molecule has 0 fully saturated rings. The number of aryl methyl sites for hydroxylation is 2. The van der Waals surface area contributed by atoms with Gasteiger partial charge in [-0.15, -0.1) is 0 Å². The number of rotatable bonds is 0. The van der Waals surface area contributed by atoms with Crippen LogP contribution in [0.2, 0.25) is 0 Å². The highest BCUT2D eigenvalue weighted by Crippen LogP contribution is 1.79. The lowest BCUT2D eigenvalue weighted by Crippen LogP contribution is -2.26. The monoisotopic (exact) mass is 139 g/mol. The summed E-state index contributed by atoms with van der Waals surface area (Å²) in [7, 11) is 1.98.